The van der Waals surface area contributed by atoms with Gasteiger partial charge >= 0.3 is 0 Å². The Morgan fingerprint density at radius 3 is 2.53 bits per heavy atom. The van der Waals surface area contributed by atoms with Gasteiger partial charge in [-0.15, -0.1) is 0 Å². The van der Waals surface area contributed by atoms with Crippen LogP contribution >= 0.6 is 0 Å². The van der Waals surface area contributed by atoms with Gasteiger partial charge in [-0.3, -0.25) is 0 Å². The minimum absolute atomic E-state index is 0.0900. The van der Waals surface area contributed by atoms with Crippen LogP contribution in [0, 0.1) is 0 Å². The standard InChI is InChI=1S/C17H17NO/c19-13-16-8-4-7-15-10-12-18(17(15)16)11-9-14-5-2-1-3-6-14/h1-8,10,12,19H,9,11,13H2. The van der Waals surface area contributed by atoms with Crippen LogP contribution in [0.2, 0.25) is 0 Å². The number of aliphatic hydroxyl groups excluding tert-OH is 1. The lowest BCUT2D eigenvalue weighted by Crippen LogP contribution is -2.01. The minimum Gasteiger partial charge on any atom is -0.392 e. The summed E-state index contributed by atoms with van der Waals surface area (Å²) in [6.45, 7) is 1.03. The van der Waals surface area contributed by atoms with Crippen molar-refractivity contribution in [2.24, 2.45) is 0 Å². The molecule has 0 amide bonds. The largest absolute Gasteiger partial charge is 0.392 e. The Hall–Kier alpha value is -2.06. The van der Waals surface area contributed by atoms with Crippen molar-refractivity contribution in [2.75, 3.05) is 0 Å². The summed E-state index contributed by atoms with van der Waals surface area (Å²) in [5.74, 6) is 0. The van der Waals surface area contributed by atoms with E-state index in [-0.39, 0.29) is 6.61 Å². The Kier molecular flexibility index (Phi) is 3.34. The molecule has 3 aromatic rings. The predicted octanol–water partition coefficient (Wildman–Crippen LogP) is 3.38. The van der Waals surface area contributed by atoms with Crippen LogP contribution in [-0.2, 0) is 19.6 Å². The van der Waals surface area contributed by atoms with Crippen LogP contribution in [0.25, 0.3) is 10.9 Å². The van der Waals surface area contributed by atoms with Gasteiger partial charge in [0.05, 0.1) is 12.1 Å². The van der Waals surface area contributed by atoms with E-state index in [1.54, 1.807) is 0 Å². The number of hydrogen-bond acceptors (Lipinski definition) is 1. The van der Waals surface area contributed by atoms with E-state index in [1.165, 1.54) is 10.9 Å². The van der Waals surface area contributed by atoms with E-state index < -0.39 is 0 Å². The topological polar surface area (TPSA) is 25.2 Å². The second-order valence-electron chi connectivity index (χ2n) is 4.76. The fraction of sp³-hybridized carbons (Fsp3) is 0.176. The number of aliphatic hydroxyl groups is 1. The molecule has 0 aliphatic rings. The van der Waals surface area contributed by atoms with E-state index in [0.717, 1.165) is 24.0 Å². The van der Waals surface area contributed by atoms with Crippen LogP contribution in [0.5, 0.6) is 0 Å². The normalized spacial score (nSPS) is 11.0. The maximum Gasteiger partial charge on any atom is 0.0702 e. The van der Waals surface area contributed by atoms with Gasteiger partial charge in [-0.1, -0.05) is 48.5 Å². The fourth-order valence-electron chi connectivity index (χ4n) is 2.55. The van der Waals surface area contributed by atoms with Gasteiger partial charge in [0.25, 0.3) is 0 Å². The van der Waals surface area contributed by atoms with Gasteiger partial charge in [-0.2, -0.15) is 0 Å². The third-order valence-corrected chi connectivity index (χ3v) is 3.53. The van der Waals surface area contributed by atoms with E-state index >= 15 is 0 Å². The van der Waals surface area contributed by atoms with Crippen molar-refractivity contribution in [1.82, 2.24) is 4.57 Å². The van der Waals surface area contributed by atoms with Crippen LogP contribution < -0.4 is 0 Å². The fourth-order valence-corrected chi connectivity index (χ4v) is 2.55. The van der Waals surface area contributed by atoms with Gasteiger partial charge in [-0.25, -0.2) is 0 Å². The highest BCUT2D eigenvalue weighted by molar-refractivity contribution is 5.83. The number of nitrogens with zero attached hydrogens (tertiary/aromatic N) is 1. The second-order valence-corrected chi connectivity index (χ2v) is 4.76. The Labute approximate surface area is 112 Å². The Morgan fingerprint density at radius 1 is 0.895 bits per heavy atom. The van der Waals surface area contributed by atoms with Gasteiger partial charge in [0.1, 0.15) is 0 Å². The van der Waals surface area contributed by atoms with Crippen LogP contribution in [0.4, 0.5) is 0 Å². The monoisotopic (exact) mass is 251 g/mol. The zero-order valence-electron chi connectivity index (χ0n) is 10.8. The summed E-state index contributed by atoms with van der Waals surface area (Å²) in [4.78, 5) is 0. The van der Waals surface area contributed by atoms with E-state index in [9.17, 15) is 5.11 Å². The first-order valence-electron chi connectivity index (χ1n) is 6.60. The molecule has 0 unspecified atom stereocenters. The van der Waals surface area contributed by atoms with Gasteiger partial charge in [0.15, 0.2) is 0 Å². The molecule has 2 aromatic carbocycles. The first kappa shape index (κ1) is 12.0. The molecule has 0 saturated carbocycles. The molecule has 0 atom stereocenters. The Bertz CT molecular complexity index is 670. The van der Waals surface area contributed by atoms with Crippen LogP contribution in [0.1, 0.15) is 11.1 Å². The highest BCUT2D eigenvalue weighted by atomic mass is 16.3. The zero-order chi connectivity index (χ0) is 13.1. The number of hydrogen-bond donors (Lipinski definition) is 1. The minimum atomic E-state index is 0.0900. The van der Waals surface area contributed by atoms with Crippen LogP contribution in [0.15, 0.2) is 60.8 Å². The molecule has 1 N–H and O–H groups in total. The molecule has 0 radical (unpaired) electrons. The second kappa shape index (κ2) is 5.29. The van der Waals surface area contributed by atoms with Crippen molar-refractivity contribution in [3.8, 4) is 0 Å². The van der Waals surface area contributed by atoms with Gasteiger partial charge in [-0.05, 0) is 23.4 Å². The molecule has 0 aliphatic heterocycles. The molecule has 2 heteroatoms. The molecule has 0 saturated heterocycles. The summed E-state index contributed by atoms with van der Waals surface area (Å²) in [7, 11) is 0. The molecular weight excluding hydrogens is 234 g/mol. The lowest BCUT2D eigenvalue weighted by Gasteiger charge is -2.08. The van der Waals surface area contributed by atoms with Crippen LogP contribution in [-0.4, -0.2) is 9.67 Å². The molecule has 3 rings (SSSR count). The van der Waals surface area contributed by atoms with Crippen molar-refractivity contribution < 1.29 is 5.11 Å². The third-order valence-electron chi connectivity index (χ3n) is 3.53. The number of rotatable bonds is 4. The molecule has 96 valence electrons. The molecule has 2 nitrogen and oxygen atoms in total. The quantitative estimate of drug-likeness (QED) is 0.755. The molecule has 1 aromatic heterocycles. The molecule has 1 heterocycles. The summed E-state index contributed by atoms with van der Waals surface area (Å²) < 4.78 is 2.23. The van der Waals surface area contributed by atoms with Crippen LogP contribution in [0.3, 0.4) is 0 Å². The van der Waals surface area contributed by atoms with Gasteiger partial charge < -0.3 is 9.67 Å². The summed E-state index contributed by atoms with van der Waals surface area (Å²) in [5.41, 5.74) is 3.49. The maximum absolute atomic E-state index is 9.45. The first-order chi connectivity index (χ1) is 9.38. The maximum atomic E-state index is 9.45. The highest BCUT2D eigenvalue weighted by Gasteiger charge is 2.05. The lowest BCUT2D eigenvalue weighted by atomic mass is 10.1. The number of fused-ring (bicyclic) bond motifs is 1. The average molecular weight is 251 g/mol. The number of aryl methyl sites for hydroxylation is 2. The van der Waals surface area contributed by atoms with Crippen molar-refractivity contribution in [1.29, 1.82) is 0 Å². The number of para-hydroxylation sites is 1. The van der Waals surface area contributed by atoms with Gasteiger partial charge in [0.2, 0.25) is 0 Å². The third kappa shape index (κ3) is 2.40. The highest BCUT2D eigenvalue weighted by Crippen LogP contribution is 2.21. The summed E-state index contributed by atoms with van der Waals surface area (Å²) >= 11 is 0. The summed E-state index contributed by atoms with van der Waals surface area (Å²) in [6.07, 6.45) is 3.11. The summed E-state index contributed by atoms with van der Waals surface area (Å²) in [5, 5.41) is 10.6. The SMILES string of the molecule is OCc1cccc2ccn(CCc3ccccc3)c12. The molecular formula is C17H17NO. The molecule has 0 bridgehead atoms. The molecule has 19 heavy (non-hydrogen) atoms. The average Bonchev–Trinajstić information content (AvgIpc) is 2.89. The Morgan fingerprint density at radius 2 is 1.74 bits per heavy atom. The van der Waals surface area contributed by atoms with E-state index in [0.29, 0.717) is 0 Å². The predicted molar refractivity (Wildman–Crippen MR) is 78.0 cm³/mol. The smallest absolute Gasteiger partial charge is 0.0702 e. The van der Waals surface area contributed by atoms with E-state index in [2.05, 4.69) is 47.2 Å². The Balaban J connectivity index is 1.89. The molecule has 0 fully saturated rings. The molecule has 0 aliphatic carbocycles. The van der Waals surface area contributed by atoms with Crippen molar-refractivity contribution in [3.63, 3.8) is 0 Å². The van der Waals surface area contributed by atoms with E-state index in [1.807, 2.05) is 18.2 Å². The number of benzene rings is 2. The van der Waals surface area contributed by atoms with E-state index in [4.69, 9.17) is 0 Å². The van der Waals surface area contributed by atoms with Crippen molar-refractivity contribution >= 4 is 10.9 Å². The lowest BCUT2D eigenvalue weighted by molar-refractivity contribution is 0.283. The van der Waals surface area contributed by atoms with Gasteiger partial charge in [0, 0.05) is 18.3 Å². The zero-order valence-corrected chi connectivity index (χ0v) is 10.8. The van der Waals surface area contributed by atoms with Crippen molar-refractivity contribution in [3.05, 3.63) is 71.9 Å². The number of aromatic nitrogens is 1. The molecule has 0 spiro atoms. The summed E-state index contributed by atoms with van der Waals surface area (Å²) in [6, 6.07) is 18.7. The first-order valence-corrected chi connectivity index (χ1v) is 6.60. The van der Waals surface area contributed by atoms with Crippen molar-refractivity contribution in [2.45, 2.75) is 19.6 Å².